The molecule has 0 saturated heterocycles. The van der Waals surface area contributed by atoms with Gasteiger partial charge in [-0.15, -0.1) is 0 Å². The lowest BCUT2D eigenvalue weighted by molar-refractivity contribution is -0.133. The molecule has 0 aliphatic heterocycles. The first-order valence-electron chi connectivity index (χ1n) is 7.96. The van der Waals surface area contributed by atoms with Gasteiger partial charge in [-0.25, -0.2) is 0 Å². The smallest absolute Gasteiger partial charge is 0.222 e. The minimum Gasteiger partial charge on any atom is -0.342 e. The number of nitrogens with zero attached hydrogens (tertiary/aromatic N) is 1. The van der Waals surface area contributed by atoms with Crippen LogP contribution < -0.4 is 5.73 Å². The Balaban J connectivity index is 2.51. The van der Waals surface area contributed by atoms with Crippen molar-refractivity contribution < 1.29 is 4.79 Å². The van der Waals surface area contributed by atoms with Crippen LogP contribution in [0.1, 0.15) is 65.7 Å². The van der Waals surface area contributed by atoms with Crippen LogP contribution in [0.5, 0.6) is 0 Å². The Bertz CT molecular complexity index is 270. The van der Waals surface area contributed by atoms with Crippen LogP contribution in [0.25, 0.3) is 0 Å². The van der Waals surface area contributed by atoms with Crippen molar-refractivity contribution in [1.82, 2.24) is 4.90 Å². The molecule has 1 saturated carbocycles. The second kappa shape index (κ2) is 7.88. The van der Waals surface area contributed by atoms with Gasteiger partial charge in [0.15, 0.2) is 0 Å². The van der Waals surface area contributed by atoms with E-state index in [9.17, 15) is 4.79 Å². The number of carbonyl (C=O) groups is 1. The summed E-state index contributed by atoms with van der Waals surface area (Å²) in [5, 5.41) is 0. The van der Waals surface area contributed by atoms with Crippen molar-refractivity contribution in [3.05, 3.63) is 0 Å². The van der Waals surface area contributed by atoms with Crippen molar-refractivity contribution in [1.29, 1.82) is 0 Å². The molecular weight excluding hydrogens is 236 g/mol. The largest absolute Gasteiger partial charge is 0.342 e. The first-order valence-corrected chi connectivity index (χ1v) is 7.96. The Hall–Kier alpha value is -0.570. The van der Waals surface area contributed by atoms with E-state index in [4.69, 9.17) is 5.73 Å². The fraction of sp³-hybridized carbons (Fsp3) is 0.938. The zero-order valence-corrected chi connectivity index (χ0v) is 13.1. The molecule has 2 N–H and O–H groups in total. The summed E-state index contributed by atoms with van der Waals surface area (Å²) < 4.78 is 0. The van der Waals surface area contributed by atoms with Gasteiger partial charge in [-0.05, 0) is 37.1 Å². The van der Waals surface area contributed by atoms with Gasteiger partial charge in [0.25, 0.3) is 0 Å². The highest BCUT2D eigenvalue weighted by Gasteiger charge is 2.25. The molecule has 0 bridgehead atoms. The maximum absolute atomic E-state index is 12.5. The molecule has 19 heavy (non-hydrogen) atoms. The van der Waals surface area contributed by atoms with E-state index >= 15 is 0 Å². The van der Waals surface area contributed by atoms with Crippen LogP contribution in [-0.4, -0.2) is 30.4 Å². The van der Waals surface area contributed by atoms with E-state index in [0.29, 0.717) is 18.4 Å². The van der Waals surface area contributed by atoms with Crippen molar-refractivity contribution in [3.63, 3.8) is 0 Å². The highest BCUT2D eigenvalue weighted by atomic mass is 16.2. The fourth-order valence-electron chi connectivity index (χ4n) is 2.91. The fourth-order valence-corrected chi connectivity index (χ4v) is 2.91. The third kappa shape index (κ3) is 5.94. The van der Waals surface area contributed by atoms with E-state index in [1.807, 2.05) is 4.90 Å². The van der Waals surface area contributed by atoms with E-state index < -0.39 is 0 Å². The predicted molar refractivity (Wildman–Crippen MR) is 80.9 cm³/mol. The van der Waals surface area contributed by atoms with Crippen LogP contribution in [0.3, 0.4) is 0 Å². The highest BCUT2D eigenvalue weighted by molar-refractivity contribution is 5.76. The second-order valence-corrected chi connectivity index (χ2v) is 6.89. The van der Waals surface area contributed by atoms with Gasteiger partial charge >= 0.3 is 0 Å². The summed E-state index contributed by atoms with van der Waals surface area (Å²) in [4.78, 5) is 14.5. The Morgan fingerprint density at radius 3 is 2.42 bits per heavy atom. The van der Waals surface area contributed by atoms with E-state index in [1.54, 1.807) is 0 Å². The van der Waals surface area contributed by atoms with E-state index in [0.717, 1.165) is 25.9 Å². The summed E-state index contributed by atoms with van der Waals surface area (Å²) in [7, 11) is 0. The van der Waals surface area contributed by atoms with Crippen LogP contribution in [0.4, 0.5) is 0 Å². The van der Waals surface area contributed by atoms with Crippen LogP contribution in [0.15, 0.2) is 0 Å². The molecule has 0 heterocycles. The molecule has 0 aromatic rings. The molecule has 0 spiro atoms. The summed E-state index contributed by atoms with van der Waals surface area (Å²) >= 11 is 0. The molecule has 3 nitrogen and oxygen atoms in total. The first kappa shape index (κ1) is 16.5. The molecule has 0 aromatic heterocycles. The Morgan fingerprint density at radius 1 is 1.26 bits per heavy atom. The summed E-state index contributed by atoms with van der Waals surface area (Å²) in [5.74, 6) is 0.969. The number of hydrogen-bond acceptors (Lipinski definition) is 2. The lowest BCUT2D eigenvalue weighted by atomic mass is 9.86. The van der Waals surface area contributed by atoms with Crippen molar-refractivity contribution in [3.8, 4) is 0 Å². The highest BCUT2D eigenvalue weighted by Crippen LogP contribution is 2.27. The lowest BCUT2D eigenvalue weighted by Gasteiger charge is -2.33. The summed E-state index contributed by atoms with van der Waals surface area (Å²) in [6, 6.07) is 0. The number of carbonyl (C=O) groups excluding carboxylic acids is 1. The van der Waals surface area contributed by atoms with E-state index in [1.165, 1.54) is 32.1 Å². The minimum atomic E-state index is 0.0252. The third-order valence-corrected chi connectivity index (χ3v) is 4.21. The normalized spacial score (nSPS) is 17.5. The topological polar surface area (TPSA) is 46.3 Å². The van der Waals surface area contributed by atoms with Crippen molar-refractivity contribution in [2.75, 3.05) is 19.6 Å². The number of nitrogens with two attached hydrogens (primary N) is 1. The van der Waals surface area contributed by atoms with Gasteiger partial charge in [0.2, 0.25) is 5.91 Å². The second-order valence-electron chi connectivity index (χ2n) is 6.89. The standard InChI is InChI=1S/C16H32N2O/c1-4-10-18(13-16(2,3)12-17)15(19)11-14-8-6-5-7-9-14/h14H,4-13,17H2,1-3H3. The molecular formula is C16H32N2O. The van der Waals surface area contributed by atoms with E-state index in [2.05, 4.69) is 20.8 Å². The Kier molecular flexibility index (Phi) is 6.84. The molecule has 1 aliphatic carbocycles. The van der Waals surface area contributed by atoms with Crippen molar-refractivity contribution in [2.24, 2.45) is 17.1 Å². The average Bonchev–Trinajstić information content (AvgIpc) is 2.39. The predicted octanol–water partition coefficient (Wildman–Crippen LogP) is 3.18. The van der Waals surface area contributed by atoms with Crippen molar-refractivity contribution >= 4 is 5.91 Å². The molecule has 0 radical (unpaired) electrons. The van der Waals surface area contributed by atoms with Gasteiger partial charge in [0, 0.05) is 19.5 Å². The summed E-state index contributed by atoms with van der Waals surface area (Å²) in [6.45, 7) is 8.71. The Labute approximate surface area is 118 Å². The van der Waals surface area contributed by atoms with Gasteiger partial charge in [-0.2, -0.15) is 0 Å². The van der Waals surface area contributed by atoms with Crippen LogP contribution >= 0.6 is 0 Å². The molecule has 1 amide bonds. The molecule has 1 fully saturated rings. The lowest BCUT2D eigenvalue weighted by Crippen LogP contribution is -2.43. The Morgan fingerprint density at radius 2 is 1.89 bits per heavy atom. The zero-order chi connectivity index (χ0) is 14.3. The van der Waals surface area contributed by atoms with Gasteiger partial charge in [-0.3, -0.25) is 4.79 Å². The first-order chi connectivity index (χ1) is 8.98. The van der Waals surface area contributed by atoms with Gasteiger partial charge in [0.1, 0.15) is 0 Å². The SMILES string of the molecule is CCCN(CC(C)(C)CN)C(=O)CC1CCCCC1. The van der Waals surface area contributed by atoms with Gasteiger partial charge < -0.3 is 10.6 Å². The third-order valence-electron chi connectivity index (χ3n) is 4.21. The van der Waals surface area contributed by atoms with Crippen LogP contribution in [0, 0.1) is 11.3 Å². The zero-order valence-electron chi connectivity index (χ0n) is 13.1. The molecule has 0 unspecified atom stereocenters. The maximum Gasteiger partial charge on any atom is 0.222 e. The molecule has 0 atom stereocenters. The molecule has 3 heteroatoms. The van der Waals surface area contributed by atoms with Gasteiger partial charge in [0.05, 0.1) is 0 Å². The molecule has 0 aromatic carbocycles. The quantitative estimate of drug-likeness (QED) is 0.771. The maximum atomic E-state index is 12.5. The molecule has 1 rings (SSSR count). The average molecular weight is 268 g/mol. The molecule has 112 valence electrons. The minimum absolute atomic E-state index is 0.0252. The van der Waals surface area contributed by atoms with Crippen molar-refractivity contribution in [2.45, 2.75) is 65.7 Å². The number of hydrogen-bond donors (Lipinski definition) is 1. The monoisotopic (exact) mass is 268 g/mol. The summed E-state index contributed by atoms with van der Waals surface area (Å²) in [5.41, 5.74) is 5.82. The number of rotatable bonds is 7. The van der Waals surface area contributed by atoms with Crippen LogP contribution in [0.2, 0.25) is 0 Å². The van der Waals surface area contributed by atoms with Gasteiger partial charge in [-0.1, -0.05) is 40.0 Å². The van der Waals surface area contributed by atoms with E-state index in [-0.39, 0.29) is 5.41 Å². The summed E-state index contributed by atoms with van der Waals surface area (Å²) in [6.07, 6.45) is 8.22. The van der Waals surface area contributed by atoms with Crippen LogP contribution in [-0.2, 0) is 4.79 Å². The molecule has 1 aliphatic rings. The number of amides is 1.